The van der Waals surface area contributed by atoms with E-state index >= 15 is 0 Å². The summed E-state index contributed by atoms with van der Waals surface area (Å²) in [5.41, 5.74) is 6.10. The lowest BCUT2D eigenvalue weighted by Gasteiger charge is -2.22. The highest BCUT2D eigenvalue weighted by molar-refractivity contribution is 8.00. The number of nitrogens with two attached hydrogens (primary N) is 1. The van der Waals surface area contributed by atoms with Crippen LogP contribution in [0.1, 0.15) is 162 Å². The fraction of sp³-hybridized carbons (Fsp3) is 0.744. The summed E-state index contributed by atoms with van der Waals surface area (Å²) < 4.78 is 26.5. The summed E-state index contributed by atoms with van der Waals surface area (Å²) in [7, 11) is -4.89. The summed E-state index contributed by atoms with van der Waals surface area (Å²) in [4.78, 5) is 54.7. The fourth-order valence-corrected chi connectivity index (χ4v) is 7.24. The van der Waals surface area contributed by atoms with Gasteiger partial charge in [-0.1, -0.05) is 159 Å². The number of esters is 2. The van der Waals surface area contributed by atoms with Crippen LogP contribution < -0.4 is 5.73 Å². The lowest BCUT2D eigenvalue weighted by molar-refractivity contribution is -0.161. The van der Waals surface area contributed by atoms with Crippen LogP contribution >= 0.6 is 19.6 Å². The summed E-state index contributed by atoms with van der Waals surface area (Å²) >= 11 is 1.21. The lowest BCUT2D eigenvalue weighted by Crippen LogP contribution is -2.38. The number of phosphoric ester groups is 1. The number of rotatable bonds is 39. The number of ether oxygens (including phenoxy) is 2. The predicted molar refractivity (Wildman–Crippen MR) is 231 cm³/mol. The average molecular weight is 846 g/mol. The normalized spacial score (nSPS) is 14.5. The van der Waals surface area contributed by atoms with E-state index in [-0.39, 0.29) is 31.4 Å². The second-order valence-electron chi connectivity index (χ2n) is 14.5. The molecular formula is C43H76NO11PS. The number of carboxylic acid groups (broad SMARTS) is 1. The van der Waals surface area contributed by atoms with Gasteiger partial charge in [0.2, 0.25) is 0 Å². The summed E-state index contributed by atoms with van der Waals surface area (Å²) in [5, 5.41) is 19.3. The van der Waals surface area contributed by atoms with Crippen molar-refractivity contribution < 1.29 is 52.9 Å². The van der Waals surface area contributed by atoms with Crippen molar-refractivity contribution in [1.29, 1.82) is 0 Å². The molecule has 0 aliphatic carbocycles. The molecule has 0 rings (SSSR count). The van der Waals surface area contributed by atoms with Gasteiger partial charge in [0.05, 0.1) is 12.7 Å². The Balaban J connectivity index is 4.86. The van der Waals surface area contributed by atoms with Gasteiger partial charge in [0.15, 0.2) is 6.10 Å². The van der Waals surface area contributed by atoms with Crippen molar-refractivity contribution in [3.05, 3.63) is 48.6 Å². The molecule has 0 fully saturated rings. The van der Waals surface area contributed by atoms with Gasteiger partial charge in [-0.2, -0.15) is 0 Å². The second kappa shape index (κ2) is 38.0. The molecule has 0 saturated heterocycles. The molecule has 0 radical (unpaired) electrons. The van der Waals surface area contributed by atoms with Crippen molar-refractivity contribution in [2.45, 2.75) is 185 Å². The summed E-state index contributed by atoms with van der Waals surface area (Å²) in [5.74, 6) is -2.34. The van der Waals surface area contributed by atoms with Crippen molar-refractivity contribution in [3.63, 3.8) is 0 Å². The highest BCUT2D eigenvalue weighted by Gasteiger charge is 2.26. The number of carbonyl (C=O) groups is 3. The van der Waals surface area contributed by atoms with Crippen LogP contribution in [0, 0.1) is 0 Å². The van der Waals surface area contributed by atoms with Crippen molar-refractivity contribution in [2.75, 3.05) is 19.0 Å². The number of phosphoric acid groups is 1. The summed E-state index contributed by atoms with van der Waals surface area (Å²) in [6, 6.07) is -1.14. The number of thioether (sulfide) groups is 1. The predicted octanol–water partition coefficient (Wildman–Crippen LogP) is 9.66. The quantitative estimate of drug-likeness (QED) is 0.0129. The number of aliphatic hydroxyl groups is 1. The Morgan fingerprint density at radius 2 is 1.30 bits per heavy atom. The molecule has 0 unspecified atom stereocenters. The number of carboxylic acids is 1. The number of hydrogen-bond acceptors (Lipinski definition) is 10. The molecule has 330 valence electrons. The Labute approximate surface area is 347 Å². The molecule has 0 saturated carbocycles. The van der Waals surface area contributed by atoms with E-state index in [1.165, 1.54) is 95.2 Å². The van der Waals surface area contributed by atoms with Crippen LogP contribution in [-0.2, 0) is 32.9 Å². The van der Waals surface area contributed by atoms with Crippen LogP contribution in [0.15, 0.2) is 48.6 Å². The molecule has 12 nitrogen and oxygen atoms in total. The van der Waals surface area contributed by atoms with Gasteiger partial charge in [-0.25, -0.2) is 4.57 Å². The second-order valence-corrected chi connectivity index (χ2v) is 17.0. The van der Waals surface area contributed by atoms with E-state index < -0.39 is 62.4 Å². The molecule has 14 heteroatoms. The third kappa shape index (κ3) is 37.8. The number of carbonyl (C=O) groups excluding carboxylic acids is 2. The van der Waals surface area contributed by atoms with Gasteiger partial charge in [0.1, 0.15) is 12.6 Å². The van der Waals surface area contributed by atoms with E-state index in [1.807, 2.05) is 24.3 Å². The van der Waals surface area contributed by atoms with Crippen molar-refractivity contribution in [2.24, 2.45) is 5.73 Å². The van der Waals surface area contributed by atoms with Gasteiger partial charge in [0, 0.05) is 23.8 Å². The molecule has 0 bridgehead atoms. The number of hydrogen-bond donors (Lipinski definition) is 5. The van der Waals surface area contributed by atoms with Crippen LogP contribution in [0.2, 0.25) is 0 Å². The topological polar surface area (TPSA) is 203 Å². The third-order valence-electron chi connectivity index (χ3n) is 9.10. The van der Waals surface area contributed by atoms with Gasteiger partial charge in [0.25, 0.3) is 0 Å². The fourth-order valence-electron chi connectivity index (χ4n) is 5.76. The van der Waals surface area contributed by atoms with Crippen LogP contribution in [0.25, 0.3) is 0 Å². The van der Waals surface area contributed by atoms with Crippen molar-refractivity contribution >= 4 is 37.5 Å². The van der Waals surface area contributed by atoms with Gasteiger partial charge in [-0.3, -0.25) is 18.9 Å². The first-order valence-corrected chi connectivity index (χ1v) is 24.0. The Morgan fingerprint density at radius 3 is 1.89 bits per heavy atom. The summed E-state index contributed by atoms with van der Waals surface area (Å²) in [6.07, 6.45) is 35.9. The number of aliphatic hydroxyl groups excluding tert-OH is 1. The van der Waals surface area contributed by atoms with Gasteiger partial charge >= 0.3 is 25.7 Å². The Kier molecular flexibility index (Phi) is 36.5. The van der Waals surface area contributed by atoms with E-state index in [9.17, 15) is 33.8 Å². The molecule has 0 amide bonds. The molecule has 0 aliphatic rings. The SMILES string of the molecule is CCCCC/C=C\C\C=C/C=C/C=C/[C@@H](SC[C@H](N)C(=O)OC[C@H](COP(=O)(O)O)OC(=O)CCCCCCCCCCCCCCCC)[C@@H](O)CCCC(=O)O. The zero-order valence-corrected chi connectivity index (χ0v) is 36.6. The van der Waals surface area contributed by atoms with E-state index in [1.54, 1.807) is 12.2 Å². The molecule has 0 spiro atoms. The molecule has 0 aromatic rings. The largest absolute Gasteiger partial charge is 0.481 e. The van der Waals surface area contributed by atoms with Crippen molar-refractivity contribution in [3.8, 4) is 0 Å². The van der Waals surface area contributed by atoms with Gasteiger partial charge in [-0.15, -0.1) is 11.8 Å². The Hall–Kier alpha value is -2.25. The Bertz CT molecular complexity index is 1190. The standard InChI is InChI=1S/C43H76NO11PS/c1-3-5-7-9-11-13-15-17-18-20-22-24-26-28-33-42(48)55-37(35-54-56(50,51)52)34-53-43(49)38(44)36-57-40(39(45)30-29-32-41(46)47)31-27-25-23-21-19-16-14-12-10-8-6-4-2/h12,14,19,21,23,25,27,31,37-40,45H,3-11,13,15-18,20,22,24,26,28-30,32-36,44H2,1-2H3,(H,46,47)(H2,50,51,52)/b14-12-,21-19-,25-23+,31-27+/t37-,38+,39+,40-/m1/s1. The zero-order valence-electron chi connectivity index (χ0n) is 34.9. The summed E-state index contributed by atoms with van der Waals surface area (Å²) in [6.45, 7) is 3.21. The monoisotopic (exact) mass is 845 g/mol. The van der Waals surface area contributed by atoms with Crippen LogP contribution in [0.3, 0.4) is 0 Å². The molecule has 4 atom stereocenters. The average Bonchev–Trinajstić information content (AvgIpc) is 3.16. The maximum Gasteiger partial charge on any atom is 0.469 e. The third-order valence-corrected chi connectivity index (χ3v) is 11.0. The van der Waals surface area contributed by atoms with Crippen LogP contribution in [0.4, 0.5) is 0 Å². The Morgan fingerprint density at radius 1 is 0.719 bits per heavy atom. The van der Waals surface area contributed by atoms with E-state index in [4.69, 9.17) is 20.3 Å². The van der Waals surface area contributed by atoms with E-state index in [0.29, 0.717) is 6.42 Å². The molecule has 0 aromatic heterocycles. The number of allylic oxidation sites excluding steroid dienone is 7. The van der Waals surface area contributed by atoms with Gasteiger partial charge < -0.3 is 35.2 Å². The maximum absolute atomic E-state index is 12.8. The number of unbranched alkanes of at least 4 members (excludes halogenated alkanes) is 16. The smallest absolute Gasteiger partial charge is 0.469 e. The molecule has 57 heavy (non-hydrogen) atoms. The number of aliphatic carboxylic acids is 1. The lowest BCUT2D eigenvalue weighted by atomic mass is 10.0. The first-order chi connectivity index (χ1) is 27.4. The molecule has 0 heterocycles. The minimum atomic E-state index is -4.89. The molecule has 0 aliphatic heterocycles. The first kappa shape index (κ1) is 54.8. The van der Waals surface area contributed by atoms with Crippen LogP contribution in [-0.4, -0.2) is 80.4 Å². The van der Waals surface area contributed by atoms with Gasteiger partial charge in [-0.05, 0) is 38.5 Å². The van der Waals surface area contributed by atoms with E-state index in [0.717, 1.165) is 32.1 Å². The zero-order chi connectivity index (χ0) is 42.4. The highest BCUT2D eigenvalue weighted by Crippen LogP contribution is 2.36. The van der Waals surface area contributed by atoms with Crippen molar-refractivity contribution in [1.82, 2.24) is 0 Å². The highest BCUT2D eigenvalue weighted by atomic mass is 32.2. The minimum Gasteiger partial charge on any atom is -0.481 e. The first-order valence-electron chi connectivity index (χ1n) is 21.4. The molecule has 0 aromatic carbocycles. The van der Waals surface area contributed by atoms with E-state index in [2.05, 4.69) is 30.5 Å². The molecule has 6 N–H and O–H groups in total. The maximum atomic E-state index is 12.8. The minimum absolute atomic E-state index is 0.0423. The van der Waals surface area contributed by atoms with Crippen LogP contribution in [0.5, 0.6) is 0 Å². The molecular weight excluding hydrogens is 770 g/mol.